The molecule has 0 amide bonds. The molecule has 7 heteroatoms. The van der Waals surface area contributed by atoms with E-state index in [0.29, 0.717) is 5.75 Å². The summed E-state index contributed by atoms with van der Waals surface area (Å²) in [7, 11) is 2.74. The van der Waals surface area contributed by atoms with E-state index in [1.165, 1.54) is 20.3 Å². The fourth-order valence-corrected chi connectivity index (χ4v) is 2.43. The minimum atomic E-state index is -4.41. The van der Waals surface area contributed by atoms with Gasteiger partial charge >= 0.3 is 6.18 Å². The average molecular weight is 304 g/mol. The van der Waals surface area contributed by atoms with Crippen molar-refractivity contribution in [2.24, 2.45) is 0 Å². The summed E-state index contributed by atoms with van der Waals surface area (Å²) in [4.78, 5) is 1.99. The second-order valence-corrected chi connectivity index (χ2v) is 4.89. The summed E-state index contributed by atoms with van der Waals surface area (Å²) in [5.41, 5.74) is -0.458. The van der Waals surface area contributed by atoms with Crippen LogP contribution in [0.1, 0.15) is 11.1 Å². The van der Waals surface area contributed by atoms with Gasteiger partial charge in [0.2, 0.25) is 0 Å². The van der Waals surface area contributed by atoms with Gasteiger partial charge in [0.15, 0.2) is 11.5 Å². The van der Waals surface area contributed by atoms with Gasteiger partial charge in [0.1, 0.15) is 0 Å². The molecule has 0 unspecified atom stereocenters. The molecule has 0 radical (unpaired) electrons. The minimum Gasteiger partial charge on any atom is -0.493 e. The van der Waals surface area contributed by atoms with Gasteiger partial charge in [0.05, 0.1) is 19.8 Å². The Hall–Kier alpha value is -1.47. The lowest BCUT2D eigenvalue weighted by Crippen LogP contribution is -2.43. The molecule has 1 N–H and O–H groups in total. The summed E-state index contributed by atoms with van der Waals surface area (Å²) in [6.07, 6.45) is -4.41. The third-order valence-corrected chi connectivity index (χ3v) is 3.52. The standard InChI is InChI=1S/C14H19F3N2O2/c1-20-12-7-10(9-19-5-3-18-4-6-19)11(14(15,16)17)8-13(12)21-2/h7-8,18H,3-6,9H2,1-2H3. The first kappa shape index (κ1) is 15.9. The van der Waals surface area contributed by atoms with Gasteiger partial charge in [0, 0.05) is 32.7 Å². The number of ether oxygens (including phenoxy) is 2. The maximum atomic E-state index is 13.2. The fraction of sp³-hybridized carbons (Fsp3) is 0.571. The van der Waals surface area contributed by atoms with Gasteiger partial charge in [-0.1, -0.05) is 0 Å². The van der Waals surface area contributed by atoms with Crippen LogP contribution in [0.4, 0.5) is 13.2 Å². The van der Waals surface area contributed by atoms with E-state index in [9.17, 15) is 13.2 Å². The van der Waals surface area contributed by atoms with E-state index >= 15 is 0 Å². The Morgan fingerprint density at radius 3 is 2.19 bits per heavy atom. The Morgan fingerprint density at radius 2 is 1.67 bits per heavy atom. The summed E-state index contributed by atoms with van der Waals surface area (Å²) < 4.78 is 49.8. The first-order chi connectivity index (χ1) is 9.95. The number of nitrogens with one attached hydrogen (secondary N) is 1. The van der Waals surface area contributed by atoms with Crippen LogP contribution in [-0.4, -0.2) is 45.3 Å². The Bertz CT molecular complexity index is 486. The van der Waals surface area contributed by atoms with Crippen molar-refractivity contribution in [1.82, 2.24) is 10.2 Å². The van der Waals surface area contributed by atoms with Gasteiger partial charge in [-0.3, -0.25) is 4.90 Å². The van der Waals surface area contributed by atoms with Crippen LogP contribution in [-0.2, 0) is 12.7 Å². The molecule has 1 aliphatic rings. The summed E-state index contributed by atoms with van der Waals surface area (Å²) in [6.45, 7) is 3.28. The maximum Gasteiger partial charge on any atom is 0.416 e. The number of benzene rings is 1. The summed E-state index contributed by atoms with van der Waals surface area (Å²) >= 11 is 0. The van der Waals surface area contributed by atoms with Crippen molar-refractivity contribution in [1.29, 1.82) is 0 Å². The van der Waals surface area contributed by atoms with Crippen molar-refractivity contribution in [3.05, 3.63) is 23.3 Å². The number of piperazine rings is 1. The number of halogens is 3. The Labute approximate surface area is 121 Å². The number of alkyl halides is 3. The molecule has 0 aliphatic carbocycles. The van der Waals surface area contributed by atoms with Crippen molar-refractivity contribution in [3.8, 4) is 11.5 Å². The molecule has 4 nitrogen and oxygen atoms in total. The molecule has 1 aromatic rings. The SMILES string of the molecule is COc1cc(CN2CCNCC2)c(C(F)(F)F)cc1OC. The van der Waals surface area contributed by atoms with Gasteiger partial charge in [-0.2, -0.15) is 13.2 Å². The van der Waals surface area contributed by atoms with E-state index in [-0.39, 0.29) is 17.9 Å². The third-order valence-electron chi connectivity index (χ3n) is 3.52. The molecule has 1 saturated heterocycles. The largest absolute Gasteiger partial charge is 0.493 e. The van der Waals surface area contributed by atoms with Gasteiger partial charge in [-0.25, -0.2) is 0 Å². The normalized spacial score (nSPS) is 16.8. The van der Waals surface area contributed by atoms with Crippen molar-refractivity contribution in [2.75, 3.05) is 40.4 Å². The molecule has 0 atom stereocenters. The van der Waals surface area contributed by atoms with Crippen molar-refractivity contribution in [3.63, 3.8) is 0 Å². The second kappa shape index (κ2) is 6.53. The van der Waals surface area contributed by atoms with Crippen LogP contribution in [0.5, 0.6) is 11.5 Å². The molecule has 1 heterocycles. The van der Waals surface area contributed by atoms with E-state index in [0.717, 1.165) is 32.2 Å². The van der Waals surface area contributed by atoms with Gasteiger partial charge < -0.3 is 14.8 Å². The summed E-state index contributed by atoms with van der Waals surface area (Å²) in [5.74, 6) is 0.407. The molecule has 21 heavy (non-hydrogen) atoms. The smallest absolute Gasteiger partial charge is 0.416 e. The molecule has 0 bridgehead atoms. The zero-order valence-electron chi connectivity index (χ0n) is 12.1. The summed E-state index contributed by atoms with van der Waals surface area (Å²) in [6, 6.07) is 2.43. The number of nitrogens with zero attached hydrogens (tertiary/aromatic N) is 1. The average Bonchev–Trinajstić information content (AvgIpc) is 2.46. The van der Waals surface area contributed by atoms with Crippen LogP contribution in [0.25, 0.3) is 0 Å². The van der Waals surface area contributed by atoms with Gasteiger partial charge in [-0.15, -0.1) is 0 Å². The molecule has 1 fully saturated rings. The number of hydrogen-bond acceptors (Lipinski definition) is 4. The van der Waals surface area contributed by atoms with E-state index < -0.39 is 11.7 Å². The highest BCUT2D eigenvalue weighted by Gasteiger charge is 2.35. The molecule has 2 rings (SSSR count). The first-order valence-electron chi connectivity index (χ1n) is 6.71. The first-order valence-corrected chi connectivity index (χ1v) is 6.71. The molecule has 1 aromatic carbocycles. The highest BCUT2D eigenvalue weighted by Crippen LogP contribution is 2.39. The zero-order chi connectivity index (χ0) is 15.5. The maximum absolute atomic E-state index is 13.2. The van der Waals surface area contributed by atoms with Crippen molar-refractivity contribution in [2.45, 2.75) is 12.7 Å². The van der Waals surface area contributed by atoms with Crippen molar-refractivity contribution < 1.29 is 22.6 Å². The van der Waals surface area contributed by atoms with Gasteiger partial charge in [-0.05, 0) is 17.7 Å². The number of methoxy groups -OCH3 is 2. The zero-order valence-corrected chi connectivity index (χ0v) is 12.1. The predicted molar refractivity (Wildman–Crippen MR) is 72.7 cm³/mol. The number of hydrogen-bond donors (Lipinski definition) is 1. The number of rotatable bonds is 4. The molecule has 0 saturated carbocycles. The predicted octanol–water partition coefficient (Wildman–Crippen LogP) is 2.13. The van der Waals surface area contributed by atoms with E-state index in [4.69, 9.17) is 9.47 Å². The van der Waals surface area contributed by atoms with Crippen LogP contribution in [0.15, 0.2) is 12.1 Å². The van der Waals surface area contributed by atoms with E-state index in [1.54, 1.807) is 0 Å². The molecule has 0 aromatic heterocycles. The molecule has 0 spiro atoms. The lowest BCUT2D eigenvalue weighted by atomic mass is 10.0. The van der Waals surface area contributed by atoms with Crippen LogP contribution in [0.3, 0.4) is 0 Å². The van der Waals surface area contributed by atoms with Crippen LogP contribution in [0, 0.1) is 0 Å². The van der Waals surface area contributed by atoms with E-state index in [1.807, 2.05) is 4.90 Å². The Morgan fingerprint density at radius 1 is 1.10 bits per heavy atom. The Kier molecular flexibility index (Phi) is 4.95. The monoisotopic (exact) mass is 304 g/mol. The molecular weight excluding hydrogens is 285 g/mol. The van der Waals surface area contributed by atoms with Gasteiger partial charge in [0.25, 0.3) is 0 Å². The van der Waals surface area contributed by atoms with Crippen LogP contribution < -0.4 is 14.8 Å². The fourth-order valence-electron chi connectivity index (χ4n) is 2.43. The highest BCUT2D eigenvalue weighted by atomic mass is 19.4. The Balaban J connectivity index is 2.36. The highest BCUT2D eigenvalue weighted by molar-refractivity contribution is 5.48. The lowest BCUT2D eigenvalue weighted by Gasteiger charge is -2.28. The van der Waals surface area contributed by atoms with Crippen LogP contribution in [0.2, 0.25) is 0 Å². The second-order valence-electron chi connectivity index (χ2n) is 4.89. The van der Waals surface area contributed by atoms with E-state index in [2.05, 4.69) is 5.32 Å². The molecule has 118 valence electrons. The topological polar surface area (TPSA) is 33.7 Å². The molecular formula is C14H19F3N2O2. The van der Waals surface area contributed by atoms with Crippen molar-refractivity contribution >= 4 is 0 Å². The summed E-state index contributed by atoms with van der Waals surface area (Å²) in [5, 5.41) is 3.18. The lowest BCUT2D eigenvalue weighted by molar-refractivity contribution is -0.138. The minimum absolute atomic E-state index is 0.0916. The molecule has 1 aliphatic heterocycles. The quantitative estimate of drug-likeness (QED) is 0.924. The third kappa shape index (κ3) is 3.79. The van der Waals surface area contributed by atoms with Crippen LogP contribution >= 0.6 is 0 Å².